The van der Waals surface area contributed by atoms with Crippen molar-refractivity contribution in [2.75, 3.05) is 20.3 Å². The predicted molar refractivity (Wildman–Crippen MR) is 87.0 cm³/mol. The molecule has 4 nitrogen and oxygen atoms in total. The molecule has 114 valence electrons. The molecular weight excluding hydrogens is 308 g/mol. The average Bonchev–Trinajstić information content (AvgIpc) is 2.82. The van der Waals surface area contributed by atoms with Gasteiger partial charge in [0.15, 0.2) is 0 Å². The Hall–Kier alpha value is -1.11. The van der Waals surface area contributed by atoms with E-state index in [4.69, 9.17) is 26.9 Å². The lowest BCUT2D eigenvalue weighted by Gasteiger charge is -2.19. The average molecular weight is 327 g/mol. The first-order chi connectivity index (χ1) is 10.2. The summed E-state index contributed by atoms with van der Waals surface area (Å²) in [5.74, 6) is 6.53. The molecule has 0 fully saturated rings. The largest absolute Gasteiger partial charge is 0.491 e. The molecule has 0 aliphatic rings. The smallest absolute Gasteiger partial charge is 0.124 e. The molecule has 0 aliphatic carbocycles. The van der Waals surface area contributed by atoms with Gasteiger partial charge in [-0.2, -0.15) is 0 Å². The number of halogens is 1. The van der Waals surface area contributed by atoms with Gasteiger partial charge in [-0.05, 0) is 23.9 Å². The molecule has 0 saturated carbocycles. The van der Waals surface area contributed by atoms with Crippen LogP contribution in [0.4, 0.5) is 0 Å². The van der Waals surface area contributed by atoms with Crippen molar-refractivity contribution >= 4 is 22.9 Å². The van der Waals surface area contributed by atoms with Crippen LogP contribution >= 0.6 is 22.9 Å². The molecule has 6 heteroatoms. The molecule has 0 bridgehead atoms. The maximum atomic E-state index is 6.37. The number of hydrogen-bond donors (Lipinski definition) is 2. The maximum Gasteiger partial charge on any atom is 0.124 e. The van der Waals surface area contributed by atoms with Gasteiger partial charge in [0.05, 0.1) is 17.7 Å². The third kappa shape index (κ3) is 3.75. The minimum Gasteiger partial charge on any atom is -0.491 e. The van der Waals surface area contributed by atoms with E-state index in [0.717, 1.165) is 26.8 Å². The van der Waals surface area contributed by atoms with Crippen LogP contribution in [0, 0.1) is 6.92 Å². The Bertz CT molecular complexity index is 589. The van der Waals surface area contributed by atoms with Gasteiger partial charge in [0, 0.05) is 17.6 Å². The first kappa shape index (κ1) is 16.3. The van der Waals surface area contributed by atoms with E-state index in [2.05, 4.69) is 5.43 Å². The summed E-state index contributed by atoms with van der Waals surface area (Å²) in [4.78, 5) is 0.986. The lowest BCUT2D eigenvalue weighted by molar-refractivity contribution is 0.145. The quantitative estimate of drug-likeness (QED) is 0.466. The zero-order chi connectivity index (χ0) is 15.2. The second kappa shape index (κ2) is 7.77. The Balaban J connectivity index is 2.31. The van der Waals surface area contributed by atoms with Gasteiger partial charge in [-0.25, -0.2) is 5.43 Å². The third-order valence-electron chi connectivity index (χ3n) is 3.13. The summed E-state index contributed by atoms with van der Waals surface area (Å²) in [5, 5.41) is 2.77. The molecule has 0 radical (unpaired) electrons. The lowest BCUT2D eigenvalue weighted by atomic mass is 10.0. The Labute approximate surface area is 133 Å². The molecule has 1 unspecified atom stereocenters. The number of methoxy groups -OCH3 is 1. The Morgan fingerprint density at radius 3 is 2.71 bits per heavy atom. The fourth-order valence-electron chi connectivity index (χ4n) is 2.04. The van der Waals surface area contributed by atoms with Gasteiger partial charge in [-0.3, -0.25) is 5.84 Å². The van der Waals surface area contributed by atoms with E-state index >= 15 is 0 Å². The van der Waals surface area contributed by atoms with Gasteiger partial charge >= 0.3 is 0 Å². The summed E-state index contributed by atoms with van der Waals surface area (Å²) in [5.41, 5.74) is 4.84. The number of para-hydroxylation sites is 1. The number of rotatable bonds is 7. The van der Waals surface area contributed by atoms with Crippen LogP contribution in [0.5, 0.6) is 5.75 Å². The molecular formula is C15H19ClN2O2S. The van der Waals surface area contributed by atoms with Crippen molar-refractivity contribution in [3.63, 3.8) is 0 Å². The van der Waals surface area contributed by atoms with Crippen LogP contribution in [0.3, 0.4) is 0 Å². The van der Waals surface area contributed by atoms with E-state index in [1.165, 1.54) is 0 Å². The number of hydrogen-bond acceptors (Lipinski definition) is 5. The summed E-state index contributed by atoms with van der Waals surface area (Å²) in [6.07, 6.45) is 0. The second-order valence-electron chi connectivity index (χ2n) is 4.58. The molecule has 2 aromatic rings. The summed E-state index contributed by atoms with van der Waals surface area (Å²) in [6.45, 7) is 3.01. The fraction of sp³-hybridized carbons (Fsp3) is 0.333. The molecule has 21 heavy (non-hydrogen) atoms. The third-order valence-corrected chi connectivity index (χ3v) is 4.91. The van der Waals surface area contributed by atoms with Crippen LogP contribution < -0.4 is 16.0 Å². The van der Waals surface area contributed by atoms with Gasteiger partial charge in [-0.1, -0.05) is 29.8 Å². The summed E-state index contributed by atoms with van der Waals surface area (Å²) < 4.78 is 10.8. The highest BCUT2D eigenvalue weighted by Gasteiger charge is 2.21. The number of nitrogens with two attached hydrogens (primary N) is 1. The standard InChI is InChI=1S/C15H19ClN2O2S/c1-10-9-21-15(13(10)16)14(18-17)11-5-3-4-6-12(11)20-8-7-19-2/h3-6,9,14,18H,7-8,17H2,1-2H3. The normalized spacial score (nSPS) is 12.4. The minimum absolute atomic E-state index is 0.199. The van der Waals surface area contributed by atoms with Gasteiger partial charge in [-0.15, -0.1) is 11.3 Å². The SMILES string of the molecule is COCCOc1ccccc1C(NN)c1scc(C)c1Cl. The van der Waals surface area contributed by atoms with Crippen molar-refractivity contribution in [2.24, 2.45) is 5.84 Å². The highest BCUT2D eigenvalue weighted by molar-refractivity contribution is 7.10. The maximum absolute atomic E-state index is 6.37. The van der Waals surface area contributed by atoms with Crippen LogP contribution in [-0.4, -0.2) is 20.3 Å². The highest BCUT2D eigenvalue weighted by atomic mass is 35.5. The second-order valence-corrected chi connectivity index (χ2v) is 5.86. The van der Waals surface area contributed by atoms with Crippen LogP contribution in [0.15, 0.2) is 29.6 Å². The molecule has 3 N–H and O–H groups in total. The van der Waals surface area contributed by atoms with E-state index in [1.807, 2.05) is 36.6 Å². The number of ether oxygens (including phenoxy) is 2. The summed E-state index contributed by atoms with van der Waals surface area (Å²) in [6, 6.07) is 7.59. The minimum atomic E-state index is -0.199. The van der Waals surface area contributed by atoms with Crippen molar-refractivity contribution in [1.82, 2.24) is 5.43 Å². The van der Waals surface area contributed by atoms with Gasteiger partial charge in [0.1, 0.15) is 12.4 Å². The molecule has 0 saturated heterocycles. The van der Waals surface area contributed by atoms with Crippen molar-refractivity contribution in [2.45, 2.75) is 13.0 Å². The molecule has 2 rings (SSSR count). The van der Waals surface area contributed by atoms with Crippen LogP contribution in [0.1, 0.15) is 22.0 Å². The number of nitrogens with one attached hydrogen (secondary N) is 1. The monoisotopic (exact) mass is 326 g/mol. The number of thiophene rings is 1. The number of aryl methyl sites for hydroxylation is 1. The Kier molecular flexibility index (Phi) is 6.02. The molecule has 1 aromatic carbocycles. The van der Waals surface area contributed by atoms with Crippen LogP contribution in [0.25, 0.3) is 0 Å². The predicted octanol–water partition coefficient (Wildman–Crippen LogP) is 3.29. The fourth-order valence-corrected chi connectivity index (χ4v) is 3.42. The Morgan fingerprint density at radius 1 is 1.33 bits per heavy atom. The Morgan fingerprint density at radius 2 is 2.10 bits per heavy atom. The topological polar surface area (TPSA) is 56.5 Å². The van der Waals surface area contributed by atoms with E-state index in [9.17, 15) is 0 Å². The zero-order valence-corrected chi connectivity index (χ0v) is 13.6. The van der Waals surface area contributed by atoms with Crippen LogP contribution in [0.2, 0.25) is 5.02 Å². The first-order valence-electron chi connectivity index (χ1n) is 6.59. The number of hydrazine groups is 1. The van der Waals surface area contributed by atoms with Gasteiger partial charge in [0.2, 0.25) is 0 Å². The van der Waals surface area contributed by atoms with Gasteiger partial charge in [0.25, 0.3) is 0 Å². The van der Waals surface area contributed by atoms with Crippen molar-refractivity contribution < 1.29 is 9.47 Å². The van der Waals surface area contributed by atoms with Gasteiger partial charge < -0.3 is 9.47 Å². The van der Waals surface area contributed by atoms with Crippen molar-refractivity contribution in [1.29, 1.82) is 0 Å². The summed E-state index contributed by atoms with van der Waals surface area (Å²) in [7, 11) is 1.65. The van der Waals surface area contributed by atoms with E-state index in [-0.39, 0.29) is 6.04 Å². The lowest BCUT2D eigenvalue weighted by Crippen LogP contribution is -2.29. The molecule has 1 aromatic heterocycles. The highest BCUT2D eigenvalue weighted by Crippen LogP contribution is 2.38. The molecule has 0 spiro atoms. The molecule has 0 amide bonds. The molecule has 1 atom stereocenters. The zero-order valence-electron chi connectivity index (χ0n) is 12.1. The van der Waals surface area contributed by atoms with E-state index < -0.39 is 0 Å². The van der Waals surface area contributed by atoms with E-state index in [0.29, 0.717) is 13.2 Å². The van der Waals surface area contributed by atoms with E-state index in [1.54, 1.807) is 18.4 Å². The van der Waals surface area contributed by atoms with Crippen molar-refractivity contribution in [3.8, 4) is 5.75 Å². The van der Waals surface area contributed by atoms with Crippen LogP contribution in [-0.2, 0) is 4.74 Å². The van der Waals surface area contributed by atoms with Crippen molar-refractivity contribution in [3.05, 3.63) is 50.7 Å². The number of benzene rings is 1. The molecule has 0 aliphatic heterocycles. The first-order valence-corrected chi connectivity index (χ1v) is 7.85. The summed E-state index contributed by atoms with van der Waals surface area (Å²) >= 11 is 7.95. The molecule has 1 heterocycles.